The number of aryl methyl sites for hydroxylation is 1. The van der Waals surface area contributed by atoms with E-state index in [2.05, 4.69) is 20.8 Å². The highest BCUT2D eigenvalue weighted by Crippen LogP contribution is 2.28. The van der Waals surface area contributed by atoms with E-state index < -0.39 is 17.9 Å². The second kappa shape index (κ2) is 8.99. The Hall–Kier alpha value is -3.04. The highest BCUT2D eigenvalue weighted by atomic mass is 35.5. The van der Waals surface area contributed by atoms with Crippen molar-refractivity contribution in [2.24, 2.45) is 0 Å². The molecular weight excluding hydrogens is 441 g/mol. The van der Waals surface area contributed by atoms with Crippen molar-refractivity contribution in [3.63, 3.8) is 0 Å². The summed E-state index contributed by atoms with van der Waals surface area (Å²) in [6.45, 7) is 2.43. The number of nitrogens with one attached hydrogen (secondary N) is 2. The number of amides is 3. The van der Waals surface area contributed by atoms with Crippen molar-refractivity contribution >= 4 is 45.7 Å². The lowest BCUT2D eigenvalue weighted by atomic mass is 10.1. The number of rotatable bonds is 4. The van der Waals surface area contributed by atoms with Gasteiger partial charge >= 0.3 is 6.03 Å². The van der Waals surface area contributed by atoms with E-state index in [1.807, 2.05) is 31.2 Å². The predicted octanol–water partition coefficient (Wildman–Crippen LogP) is 4.94. The maximum Gasteiger partial charge on any atom is 0.322 e. The molecule has 2 heterocycles. The Bertz CT molecular complexity index is 1140. The number of likely N-dealkylation sites (tertiary alicyclic amines) is 1. The molecule has 0 bridgehead atoms. The molecule has 1 atom stereocenters. The molecule has 1 aliphatic rings. The van der Waals surface area contributed by atoms with Crippen molar-refractivity contribution in [2.75, 3.05) is 17.2 Å². The van der Waals surface area contributed by atoms with Crippen LogP contribution in [0.25, 0.3) is 10.6 Å². The number of hydrogen-bond donors (Lipinski definition) is 2. The fraction of sp³-hybridized carbons (Fsp3) is 0.238. The number of carbonyl (C=O) groups excluding carboxylic acids is 2. The predicted molar refractivity (Wildman–Crippen MR) is 119 cm³/mol. The molecule has 7 nitrogen and oxygen atoms in total. The maximum absolute atomic E-state index is 13.3. The van der Waals surface area contributed by atoms with Crippen LogP contribution in [0.2, 0.25) is 5.02 Å². The van der Waals surface area contributed by atoms with Gasteiger partial charge in [0.2, 0.25) is 11.0 Å². The summed E-state index contributed by atoms with van der Waals surface area (Å²) in [5.41, 5.74) is 2.39. The Morgan fingerprint density at radius 1 is 1.19 bits per heavy atom. The van der Waals surface area contributed by atoms with Crippen molar-refractivity contribution < 1.29 is 14.0 Å². The van der Waals surface area contributed by atoms with Gasteiger partial charge in [-0.15, -0.1) is 10.2 Å². The van der Waals surface area contributed by atoms with E-state index >= 15 is 0 Å². The number of halogens is 2. The first-order valence-electron chi connectivity index (χ1n) is 9.65. The maximum atomic E-state index is 13.3. The molecule has 0 saturated carbocycles. The smallest absolute Gasteiger partial charge is 0.312 e. The van der Waals surface area contributed by atoms with Crippen molar-refractivity contribution in [1.82, 2.24) is 15.1 Å². The zero-order chi connectivity index (χ0) is 22.0. The lowest BCUT2D eigenvalue weighted by molar-refractivity contribution is -0.119. The van der Waals surface area contributed by atoms with E-state index in [0.29, 0.717) is 35.2 Å². The van der Waals surface area contributed by atoms with Gasteiger partial charge in [-0.1, -0.05) is 46.7 Å². The van der Waals surface area contributed by atoms with Crippen LogP contribution in [-0.2, 0) is 4.79 Å². The minimum Gasteiger partial charge on any atom is -0.312 e. The van der Waals surface area contributed by atoms with E-state index in [9.17, 15) is 14.0 Å². The third-order valence-electron chi connectivity index (χ3n) is 4.91. The van der Waals surface area contributed by atoms with Gasteiger partial charge in [0.1, 0.15) is 16.9 Å². The van der Waals surface area contributed by atoms with Crippen LogP contribution in [-0.4, -0.2) is 39.6 Å². The van der Waals surface area contributed by atoms with Crippen molar-refractivity contribution in [2.45, 2.75) is 25.8 Å². The molecule has 1 saturated heterocycles. The molecule has 1 unspecified atom stereocenters. The van der Waals surface area contributed by atoms with Crippen molar-refractivity contribution in [3.8, 4) is 10.6 Å². The fourth-order valence-electron chi connectivity index (χ4n) is 3.41. The molecule has 0 spiro atoms. The van der Waals surface area contributed by atoms with Crippen molar-refractivity contribution in [3.05, 3.63) is 58.9 Å². The minimum atomic E-state index is -0.637. The number of nitrogens with zero attached hydrogens (tertiary/aromatic N) is 3. The Labute approximate surface area is 187 Å². The van der Waals surface area contributed by atoms with Crippen LogP contribution in [0.3, 0.4) is 0 Å². The molecule has 1 fully saturated rings. The van der Waals surface area contributed by atoms with Gasteiger partial charge in [-0.25, -0.2) is 9.18 Å². The summed E-state index contributed by atoms with van der Waals surface area (Å²) >= 11 is 7.04. The molecule has 3 aromatic rings. The van der Waals surface area contributed by atoms with E-state index in [4.69, 9.17) is 11.6 Å². The van der Waals surface area contributed by atoms with Gasteiger partial charge in [-0.3, -0.25) is 10.1 Å². The number of hydrogen-bond acceptors (Lipinski definition) is 5. The summed E-state index contributed by atoms with van der Waals surface area (Å²) in [6.07, 6.45) is 1.23. The number of benzene rings is 2. The molecule has 0 aliphatic carbocycles. The normalized spacial score (nSPS) is 15.7. The number of carbonyl (C=O) groups is 2. The van der Waals surface area contributed by atoms with E-state index in [1.165, 1.54) is 34.4 Å². The minimum absolute atomic E-state index is 0.0887. The average Bonchev–Trinajstić information content (AvgIpc) is 3.40. The Balaban J connectivity index is 1.42. The second-order valence-electron chi connectivity index (χ2n) is 7.18. The molecule has 2 N–H and O–H groups in total. The van der Waals surface area contributed by atoms with Gasteiger partial charge in [0, 0.05) is 17.8 Å². The molecular formula is C21H19ClFN5O2S. The van der Waals surface area contributed by atoms with Gasteiger partial charge in [-0.2, -0.15) is 0 Å². The zero-order valence-electron chi connectivity index (χ0n) is 16.6. The van der Waals surface area contributed by atoms with Crippen LogP contribution in [0.5, 0.6) is 0 Å². The molecule has 2 aromatic carbocycles. The largest absolute Gasteiger partial charge is 0.322 e. The van der Waals surface area contributed by atoms with Gasteiger partial charge in [0.05, 0.1) is 5.02 Å². The first-order chi connectivity index (χ1) is 14.9. The molecule has 160 valence electrons. The van der Waals surface area contributed by atoms with Crippen molar-refractivity contribution in [1.29, 1.82) is 0 Å². The highest BCUT2D eigenvalue weighted by molar-refractivity contribution is 7.18. The molecule has 3 amide bonds. The Kier molecular flexibility index (Phi) is 6.15. The van der Waals surface area contributed by atoms with Crippen LogP contribution in [0.15, 0.2) is 42.5 Å². The zero-order valence-corrected chi connectivity index (χ0v) is 18.1. The molecule has 1 aromatic heterocycles. The van der Waals surface area contributed by atoms with Crippen LogP contribution < -0.4 is 10.6 Å². The Morgan fingerprint density at radius 2 is 2.03 bits per heavy atom. The first-order valence-corrected chi connectivity index (χ1v) is 10.8. The third kappa shape index (κ3) is 4.83. The summed E-state index contributed by atoms with van der Waals surface area (Å²) in [5.74, 6) is -0.892. The van der Waals surface area contributed by atoms with E-state index in [-0.39, 0.29) is 10.9 Å². The number of anilines is 2. The lowest BCUT2D eigenvalue weighted by Gasteiger charge is -2.23. The molecule has 1 aliphatic heterocycles. The van der Waals surface area contributed by atoms with Crippen LogP contribution >= 0.6 is 22.9 Å². The SMILES string of the molecule is Cc1cccc(-c2nnc(NC(=O)C3CCCN3C(=O)Nc3ccc(F)c(Cl)c3)s2)c1. The summed E-state index contributed by atoms with van der Waals surface area (Å²) in [5, 5.41) is 14.6. The highest BCUT2D eigenvalue weighted by Gasteiger charge is 2.34. The summed E-state index contributed by atoms with van der Waals surface area (Å²) in [4.78, 5) is 26.9. The van der Waals surface area contributed by atoms with Crippen LogP contribution in [0.1, 0.15) is 18.4 Å². The fourth-order valence-corrected chi connectivity index (χ4v) is 4.33. The van der Waals surface area contributed by atoms with Gasteiger partial charge in [0.15, 0.2) is 0 Å². The van der Waals surface area contributed by atoms with Crippen LogP contribution in [0.4, 0.5) is 20.0 Å². The summed E-state index contributed by atoms with van der Waals surface area (Å²) in [7, 11) is 0. The average molecular weight is 460 g/mol. The Morgan fingerprint density at radius 3 is 2.81 bits per heavy atom. The molecule has 31 heavy (non-hydrogen) atoms. The summed E-state index contributed by atoms with van der Waals surface area (Å²) in [6, 6.07) is 10.7. The standard InChI is InChI=1S/C21H19ClFN5O2S/c1-12-4-2-5-13(10-12)19-26-27-20(31-19)25-18(29)17-6-3-9-28(17)21(30)24-14-7-8-16(23)15(22)11-14/h2,4-5,7-8,10-11,17H,3,6,9H2,1H3,(H,24,30)(H,25,27,29). The monoisotopic (exact) mass is 459 g/mol. The van der Waals surface area contributed by atoms with Crippen LogP contribution in [0, 0.1) is 12.7 Å². The lowest BCUT2D eigenvalue weighted by Crippen LogP contribution is -2.45. The summed E-state index contributed by atoms with van der Waals surface area (Å²) < 4.78 is 13.3. The number of urea groups is 1. The quantitative estimate of drug-likeness (QED) is 0.578. The first kappa shape index (κ1) is 21.2. The third-order valence-corrected chi connectivity index (χ3v) is 6.08. The molecule has 4 rings (SSSR count). The van der Waals surface area contributed by atoms with Gasteiger partial charge in [-0.05, 0) is 44.0 Å². The van der Waals surface area contributed by atoms with Gasteiger partial charge in [0.25, 0.3) is 0 Å². The molecule has 10 heteroatoms. The van der Waals surface area contributed by atoms with E-state index in [0.717, 1.165) is 11.1 Å². The molecule has 0 radical (unpaired) electrons. The number of aromatic nitrogens is 2. The second-order valence-corrected chi connectivity index (χ2v) is 8.57. The van der Waals surface area contributed by atoms with Gasteiger partial charge < -0.3 is 10.2 Å². The topological polar surface area (TPSA) is 87.2 Å². The van der Waals surface area contributed by atoms with E-state index in [1.54, 1.807) is 0 Å².